The second-order valence-corrected chi connectivity index (χ2v) is 9.34. The summed E-state index contributed by atoms with van der Waals surface area (Å²) in [6.07, 6.45) is 3.68. The highest BCUT2D eigenvalue weighted by Gasteiger charge is 2.34. The zero-order valence-electron chi connectivity index (χ0n) is 17.9. The average Bonchev–Trinajstić information content (AvgIpc) is 2.69. The lowest BCUT2D eigenvalue weighted by Gasteiger charge is -2.41. The van der Waals surface area contributed by atoms with Crippen molar-refractivity contribution in [2.24, 2.45) is 5.92 Å². The molecule has 1 aromatic carbocycles. The van der Waals surface area contributed by atoms with Crippen molar-refractivity contribution in [2.45, 2.75) is 45.1 Å². The van der Waals surface area contributed by atoms with Gasteiger partial charge in [-0.1, -0.05) is 6.07 Å². The van der Waals surface area contributed by atoms with Gasteiger partial charge in [-0.2, -0.15) is 5.10 Å². The SMILES string of the molecule is CC(C)(C)N1CCC(c2ccc(NC(=O)C3CN(c4cccnn4)C3)c(F)c2)CC1. The number of hydrogen-bond acceptors (Lipinski definition) is 5. The molecule has 2 aliphatic heterocycles. The highest BCUT2D eigenvalue weighted by Crippen LogP contribution is 2.33. The molecule has 2 saturated heterocycles. The van der Waals surface area contributed by atoms with Crippen LogP contribution in [-0.2, 0) is 4.79 Å². The summed E-state index contributed by atoms with van der Waals surface area (Å²) in [5, 5.41) is 10.7. The van der Waals surface area contributed by atoms with Crippen LogP contribution in [0.4, 0.5) is 15.9 Å². The van der Waals surface area contributed by atoms with Gasteiger partial charge in [0.2, 0.25) is 5.91 Å². The lowest BCUT2D eigenvalue weighted by Crippen LogP contribution is -2.52. The molecular formula is C23H30FN5O. The zero-order chi connectivity index (χ0) is 21.3. The van der Waals surface area contributed by atoms with Gasteiger partial charge in [0.1, 0.15) is 5.82 Å². The molecule has 1 N–H and O–H groups in total. The fraction of sp³-hybridized carbons (Fsp3) is 0.522. The third-order valence-electron chi connectivity index (χ3n) is 6.30. The summed E-state index contributed by atoms with van der Waals surface area (Å²) in [5.41, 5.74) is 1.46. The van der Waals surface area contributed by atoms with E-state index in [1.165, 1.54) is 0 Å². The highest BCUT2D eigenvalue weighted by atomic mass is 19.1. The topological polar surface area (TPSA) is 61.4 Å². The van der Waals surface area contributed by atoms with Crippen molar-refractivity contribution in [3.63, 3.8) is 0 Å². The molecule has 2 aliphatic rings. The summed E-state index contributed by atoms with van der Waals surface area (Å²) >= 11 is 0. The van der Waals surface area contributed by atoms with Crippen LogP contribution in [0.5, 0.6) is 0 Å². The molecule has 3 heterocycles. The van der Waals surface area contributed by atoms with E-state index in [2.05, 4.69) is 41.2 Å². The van der Waals surface area contributed by atoms with Crippen LogP contribution in [-0.4, -0.2) is 52.7 Å². The average molecular weight is 412 g/mol. The number of nitrogens with zero attached hydrogens (tertiary/aromatic N) is 4. The number of rotatable bonds is 4. The van der Waals surface area contributed by atoms with Crippen LogP contribution in [0, 0.1) is 11.7 Å². The normalized spacial score (nSPS) is 18.9. The van der Waals surface area contributed by atoms with Crippen molar-refractivity contribution in [1.29, 1.82) is 0 Å². The van der Waals surface area contributed by atoms with E-state index in [1.54, 1.807) is 18.3 Å². The van der Waals surface area contributed by atoms with E-state index in [4.69, 9.17) is 0 Å². The number of anilines is 2. The van der Waals surface area contributed by atoms with Gasteiger partial charge < -0.3 is 10.2 Å². The van der Waals surface area contributed by atoms with Crippen molar-refractivity contribution in [3.8, 4) is 0 Å². The van der Waals surface area contributed by atoms with Gasteiger partial charge in [0, 0.05) is 24.8 Å². The quantitative estimate of drug-likeness (QED) is 0.832. The maximum atomic E-state index is 14.7. The number of piperidine rings is 1. The first kappa shape index (κ1) is 20.7. The predicted molar refractivity (Wildman–Crippen MR) is 116 cm³/mol. The van der Waals surface area contributed by atoms with Crippen LogP contribution in [0.1, 0.15) is 45.1 Å². The van der Waals surface area contributed by atoms with E-state index < -0.39 is 0 Å². The number of amides is 1. The molecule has 30 heavy (non-hydrogen) atoms. The van der Waals surface area contributed by atoms with E-state index in [-0.39, 0.29) is 28.9 Å². The van der Waals surface area contributed by atoms with Crippen LogP contribution in [0.15, 0.2) is 36.5 Å². The minimum absolute atomic E-state index is 0.153. The minimum atomic E-state index is -0.357. The summed E-state index contributed by atoms with van der Waals surface area (Å²) in [7, 11) is 0. The van der Waals surface area contributed by atoms with Crippen molar-refractivity contribution >= 4 is 17.4 Å². The smallest absolute Gasteiger partial charge is 0.231 e. The number of aromatic nitrogens is 2. The van der Waals surface area contributed by atoms with E-state index in [0.29, 0.717) is 19.0 Å². The van der Waals surface area contributed by atoms with Crippen LogP contribution >= 0.6 is 0 Å². The largest absolute Gasteiger partial charge is 0.353 e. The number of carbonyl (C=O) groups excluding carboxylic acids is 1. The van der Waals surface area contributed by atoms with Crippen molar-refractivity contribution in [1.82, 2.24) is 15.1 Å². The number of benzene rings is 1. The van der Waals surface area contributed by atoms with E-state index >= 15 is 0 Å². The summed E-state index contributed by atoms with van der Waals surface area (Å²) in [5.74, 6) is 0.446. The Kier molecular flexibility index (Phi) is 5.73. The third-order valence-corrected chi connectivity index (χ3v) is 6.30. The molecule has 0 spiro atoms. The standard InChI is InChI=1S/C23H30FN5O/c1-23(2,3)29-11-8-16(9-12-29)17-6-7-20(19(24)13-17)26-22(30)18-14-28(15-18)21-5-4-10-25-27-21/h4-7,10,13,16,18H,8-9,11-12,14-15H2,1-3H3,(H,26,30). The van der Waals surface area contributed by atoms with Gasteiger partial charge in [-0.25, -0.2) is 4.39 Å². The van der Waals surface area contributed by atoms with Crippen LogP contribution in [0.25, 0.3) is 0 Å². The lowest BCUT2D eigenvalue weighted by atomic mass is 9.87. The van der Waals surface area contributed by atoms with Gasteiger partial charge >= 0.3 is 0 Å². The Morgan fingerprint density at radius 3 is 2.50 bits per heavy atom. The highest BCUT2D eigenvalue weighted by molar-refractivity contribution is 5.94. The fourth-order valence-corrected chi connectivity index (χ4v) is 4.30. The third kappa shape index (κ3) is 4.46. The molecule has 2 fully saturated rings. The van der Waals surface area contributed by atoms with Crippen molar-refractivity contribution in [3.05, 3.63) is 47.9 Å². The monoisotopic (exact) mass is 411 g/mol. The summed E-state index contributed by atoms with van der Waals surface area (Å²) < 4.78 is 14.7. The zero-order valence-corrected chi connectivity index (χ0v) is 17.9. The molecule has 0 aliphatic carbocycles. The van der Waals surface area contributed by atoms with Crippen LogP contribution in [0.2, 0.25) is 0 Å². The predicted octanol–water partition coefficient (Wildman–Crippen LogP) is 3.67. The molecule has 0 radical (unpaired) electrons. The van der Waals surface area contributed by atoms with Crippen molar-refractivity contribution in [2.75, 3.05) is 36.4 Å². The number of carbonyl (C=O) groups is 1. The maximum absolute atomic E-state index is 14.7. The first-order valence-electron chi connectivity index (χ1n) is 10.7. The van der Waals surface area contributed by atoms with Gasteiger partial charge in [-0.05, 0) is 82.4 Å². The first-order valence-corrected chi connectivity index (χ1v) is 10.7. The number of halogens is 1. The van der Waals surface area contributed by atoms with Gasteiger partial charge in [-0.3, -0.25) is 9.69 Å². The van der Waals surface area contributed by atoms with E-state index in [9.17, 15) is 9.18 Å². The summed E-state index contributed by atoms with van der Waals surface area (Å²) in [6, 6.07) is 8.95. The first-order chi connectivity index (χ1) is 14.3. The second-order valence-electron chi connectivity index (χ2n) is 9.34. The summed E-state index contributed by atoms with van der Waals surface area (Å²) in [6.45, 7) is 9.89. The molecule has 1 amide bonds. The number of hydrogen-bond donors (Lipinski definition) is 1. The lowest BCUT2D eigenvalue weighted by molar-refractivity contribution is -0.120. The Balaban J connectivity index is 1.31. The Morgan fingerprint density at radius 1 is 1.17 bits per heavy atom. The molecular weight excluding hydrogens is 381 g/mol. The van der Waals surface area contributed by atoms with Crippen LogP contribution < -0.4 is 10.2 Å². The Morgan fingerprint density at radius 2 is 1.90 bits per heavy atom. The van der Waals surface area contributed by atoms with Gasteiger partial charge in [0.05, 0.1) is 11.6 Å². The fourth-order valence-electron chi connectivity index (χ4n) is 4.30. The van der Waals surface area contributed by atoms with Crippen molar-refractivity contribution < 1.29 is 9.18 Å². The van der Waals surface area contributed by atoms with Gasteiger partial charge in [0.25, 0.3) is 0 Å². The maximum Gasteiger partial charge on any atom is 0.231 e. The van der Waals surface area contributed by atoms with E-state index in [0.717, 1.165) is 37.3 Å². The minimum Gasteiger partial charge on any atom is -0.353 e. The van der Waals surface area contributed by atoms with E-state index in [1.807, 2.05) is 23.1 Å². The Labute approximate surface area is 177 Å². The molecule has 7 heteroatoms. The molecule has 4 rings (SSSR count). The van der Waals surface area contributed by atoms with Crippen LogP contribution in [0.3, 0.4) is 0 Å². The molecule has 1 aromatic heterocycles. The van der Waals surface area contributed by atoms with Gasteiger partial charge in [0.15, 0.2) is 5.82 Å². The Hall–Kier alpha value is -2.54. The molecule has 0 unspecified atom stereocenters. The summed E-state index contributed by atoms with van der Waals surface area (Å²) in [4.78, 5) is 17.0. The molecule has 160 valence electrons. The molecule has 6 nitrogen and oxygen atoms in total. The number of nitrogens with one attached hydrogen (secondary N) is 1. The molecule has 2 aromatic rings. The Bertz CT molecular complexity index is 884. The van der Waals surface area contributed by atoms with Gasteiger partial charge in [-0.15, -0.1) is 5.10 Å². The number of likely N-dealkylation sites (tertiary alicyclic amines) is 1. The second kappa shape index (κ2) is 8.30. The molecule has 0 atom stereocenters. The molecule has 0 saturated carbocycles. The molecule has 0 bridgehead atoms.